The van der Waals surface area contributed by atoms with Crippen LogP contribution >= 0.6 is 11.3 Å². The lowest BCUT2D eigenvalue weighted by Gasteiger charge is -2.25. The van der Waals surface area contributed by atoms with Gasteiger partial charge < -0.3 is 10.1 Å². The van der Waals surface area contributed by atoms with Gasteiger partial charge >= 0.3 is 5.97 Å². The number of rotatable bonds is 7. The predicted molar refractivity (Wildman–Crippen MR) is 112 cm³/mol. The average molecular weight is 455 g/mol. The first-order valence-corrected chi connectivity index (χ1v) is 12.0. The second kappa shape index (κ2) is 9.23. The lowest BCUT2D eigenvalue weighted by Crippen LogP contribution is -2.30. The fourth-order valence-electron chi connectivity index (χ4n) is 3.29. The Hall–Kier alpha value is -2.30. The van der Waals surface area contributed by atoms with E-state index in [1.54, 1.807) is 6.92 Å². The smallest absolute Gasteiger partial charge is 0.341 e. The maximum Gasteiger partial charge on any atom is 0.341 e. The number of nitrogens with zero attached hydrogens (tertiary/aromatic N) is 1. The van der Waals surface area contributed by atoms with Crippen LogP contribution in [-0.2, 0) is 32.3 Å². The molecule has 0 bridgehead atoms. The molecule has 0 saturated carbocycles. The molecule has 0 fully saturated rings. The molecular weight excluding hydrogens is 431 g/mol. The topological polar surface area (TPSA) is 92.8 Å². The molecule has 0 radical (unpaired) electrons. The first-order valence-electron chi connectivity index (χ1n) is 9.57. The molecule has 10 heteroatoms. The van der Waals surface area contributed by atoms with Crippen molar-refractivity contribution in [1.82, 2.24) is 4.90 Å². The molecule has 0 spiro atoms. The molecule has 1 aliphatic heterocycles. The Morgan fingerprint density at radius 3 is 2.57 bits per heavy atom. The second-order valence-electron chi connectivity index (χ2n) is 6.81. The average Bonchev–Trinajstić information content (AvgIpc) is 3.04. The fourth-order valence-corrected chi connectivity index (χ4v) is 5.72. The van der Waals surface area contributed by atoms with Gasteiger partial charge in [0.1, 0.15) is 16.6 Å². The van der Waals surface area contributed by atoms with Crippen molar-refractivity contribution in [3.05, 3.63) is 46.1 Å². The van der Waals surface area contributed by atoms with E-state index in [2.05, 4.69) is 10.2 Å². The third kappa shape index (κ3) is 4.88. The number of sulfone groups is 1. The summed E-state index contributed by atoms with van der Waals surface area (Å²) in [6.07, 6.45) is 0.650. The largest absolute Gasteiger partial charge is 0.462 e. The van der Waals surface area contributed by atoms with E-state index in [0.29, 0.717) is 23.5 Å². The monoisotopic (exact) mass is 454 g/mol. The number of carbonyl (C=O) groups is 2. The molecule has 0 unspecified atom stereocenters. The molecule has 0 saturated heterocycles. The van der Waals surface area contributed by atoms with Crippen LogP contribution < -0.4 is 5.32 Å². The summed E-state index contributed by atoms with van der Waals surface area (Å²) in [6.45, 7) is 6.25. The number of hydrogen-bond acceptors (Lipinski definition) is 7. The maximum atomic E-state index is 13.1. The van der Waals surface area contributed by atoms with Gasteiger partial charge in [0.25, 0.3) is 0 Å². The van der Waals surface area contributed by atoms with E-state index < -0.39 is 33.3 Å². The molecule has 2 aromatic rings. The standard InChI is InChI=1S/C20H23FN2O5S2/c1-3-23-10-9-15-16(11-23)29-19(18(15)20(25)28-4-2)22-17(24)12-30(26,27)14-7-5-13(21)6-8-14/h5-8H,3-4,9-12H2,1-2H3,(H,22,24). The molecule has 3 rings (SSSR count). The van der Waals surface area contributed by atoms with Gasteiger partial charge in [-0.15, -0.1) is 11.3 Å². The molecule has 162 valence electrons. The van der Waals surface area contributed by atoms with Gasteiger partial charge in [-0.3, -0.25) is 9.69 Å². The number of thiophene rings is 1. The second-order valence-corrected chi connectivity index (χ2v) is 9.90. The highest BCUT2D eigenvalue weighted by Gasteiger charge is 2.30. The SMILES string of the molecule is CCOC(=O)c1c(NC(=O)CS(=O)(=O)c2ccc(F)cc2)sc2c1CCN(CC)C2. The number of esters is 1. The maximum absolute atomic E-state index is 13.1. The third-order valence-corrected chi connectivity index (χ3v) is 7.57. The van der Waals surface area contributed by atoms with Crippen LogP contribution in [0.4, 0.5) is 9.39 Å². The Kier molecular flexibility index (Phi) is 6.89. The van der Waals surface area contributed by atoms with Gasteiger partial charge in [0.05, 0.1) is 17.1 Å². The van der Waals surface area contributed by atoms with E-state index in [0.717, 1.165) is 47.8 Å². The van der Waals surface area contributed by atoms with Gasteiger partial charge in [0, 0.05) is 18.0 Å². The summed E-state index contributed by atoms with van der Waals surface area (Å²) in [5.74, 6) is -2.68. The van der Waals surface area contributed by atoms with Crippen LogP contribution in [0.3, 0.4) is 0 Å². The molecule has 1 aromatic heterocycles. The number of benzene rings is 1. The number of hydrogen-bond donors (Lipinski definition) is 1. The van der Waals surface area contributed by atoms with E-state index >= 15 is 0 Å². The van der Waals surface area contributed by atoms with Crippen molar-refractivity contribution in [2.75, 3.05) is 30.8 Å². The molecule has 1 N–H and O–H groups in total. The normalized spacial score (nSPS) is 14.2. The number of fused-ring (bicyclic) bond motifs is 1. The van der Waals surface area contributed by atoms with E-state index in [9.17, 15) is 22.4 Å². The summed E-state index contributed by atoms with van der Waals surface area (Å²) in [6, 6.07) is 4.28. The summed E-state index contributed by atoms with van der Waals surface area (Å²) in [4.78, 5) is 28.1. The molecule has 2 heterocycles. The van der Waals surface area contributed by atoms with Crippen molar-refractivity contribution in [3.63, 3.8) is 0 Å². The summed E-state index contributed by atoms with van der Waals surface area (Å²) in [7, 11) is -3.95. The molecule has 1 amide bonds. The van der Waals surface area contributed by atoms with E-state index in [1.807, 2.05) is 6.92 Å². The fraction of sp³-hybridized carbons (Fsp3) is 0.400. The minimum absolute atomic E-state index is 0.145. The number of likely N-dealkylation sites (N-methyl/N-ethyl adjacent to an activating group) is 1. The predicted octanol–water partition coefficient (Wildman–Crippen LogP) is 2.85. The number of ether oxygens (including phenoxy) is 1. The molecule has 0 atom stereocenters. The van der Waals surface area contributed by atoms with Gasteiger partial charge in [-0.05, 0) is 49.7 Å². The minimum Gasteiger partial charge on any atom is -0.462 e. The highest BCUT2D eigenvalue weighted by atomic mass is 32.2. The van der Waals surface area contributed by atoms with Crippen molar-refractivity contribution in [2.24, 2.45) is 0 Å². The van der Waals surface area contributed by atoms with E-state index in [4.69, 9.17) is 4.74 Å². The van der Waals surface area contributed by atoms with Crippen LogP contribution in [0.5, 0.6) is 0 Å². The van der Waals surface area contributed by atoms with E-state index in [-0.39, 0.29) is 11.5 Å². The molecule has 1 aromatic carbocycles. The number of anilines is 1. The molecule has 0 aliphatic carbocycles. The summed E-state index contributed by atoms with van der Waals surface area (Å²) in [5.41, 5.74) is 1.15. The zero-order chi connectivity index (χ0) is 21.9. The van der Waals surface area contributed by atoms with Crippen molar-refractivity contribution in [1.29, 1.82) is 0 Å². The number of nitrogens with one attached hydrogen (secondary N) is 1. The van der Waals surface area contributed by atoms with Crippen LogP contribution in [0, 0.1) is 5.82 Å². The quantitative estimate of drug-likeness (QED) is 0.511. The molecule has 30 heavy (non-hydrogen) atoms. The molecular formula is C20H23FN2O5S2. The Morgan fingerprint density at radius 1 is 1.23 bits per heavy atom. The summed E-state index contributed by atoms with van der Waals surface area (Å²) < 4.78 is 43.1. The Balaban J connectivity index is 1.84. The van der Waals surface area contributed by atoms with Gasteiger partial charge in [-0.25, -0.2) is 17.6 Å². The highest BCUT2D eigenvalue weighted by molar-refractivity contribution is 7.92. The van der Waals surface area contributed by atoms with Crippen molar-refractivity contribution in [3.8, 4) is 0 Å². The van der Waals surface area contributed by atoms with Crippen LogP contribution in [0.2, 0.25) is 0 Å². The van der Waals surface area contributed by atoms with Gasteiger partial charge in [0.15, 0.2) is 9.84 Å². The van der Waals surface area contributed by atoms with Crippen LogP contribution in [0.25, 0.3) is 0 Å². The zero-order valence-electron chi connectivity index (χ0n) is 16.7. The lowest BCUT2D eigenvalue weighted by atomic mass is 10.0. The van der Waals surface area contributed by atoms with Crippen molar-refractivity contribution < 1.29 is 27.1 Å². The number of halogens is 1. The first kappa shape index (κ1) is 22.4. The van der Waals surface area contributed by atoms with E-state index in [1.165, 1.54) is 11.3 Å². The third-order valence-electron chi connectivity index (χ3n) is 4.81. The van der Waals surface area contributed by atoms with Gasteiger partial charge in [-0.2, -0.15) is 0 Å². The number of amides is 1. The van der Waals surface area contributed by atoms with Crippen LogP contribution in [0.15, 0.2) is 29.2 Å². The lowest BCUT2D eigenvalue weighted by molar-refractivity contribution is -0.113. The van der Waals surface area contributed by atoms with Gasteiger partial charge in [-0.1, -0.05) is 6.92 Å². The highest BCUT2D eigenvalue weighted by Crippen LogP contribution is 2.37. The van der Waals surface area contributed by atoms with Crippen molar-refractivity contribution >= 4 is 38.1 Å². The Labute approximate surface area is 178 Å². The summed E-state index contributed by atoms with van der Waals surface area (Å²) >= 11 is 1.27. The Bertz CT molecular complexity index is 1050. The van der Waals surface area contributed by atoms with Crippen LogP contribution in [0.1, 0.15) is 34.6 Å². The Morgan fingerprint density at radius 2 is 1.93 bits per heavy atom. The van der Waals surface area contributed by atoms with Crippen molar-refractivity contribution in [2.45, 2.75) is 31.7 Å². The van der Waals surface area contributed by atoms with Crippen LogP contribution in [-0.4, -0.2) is 50.6 Å². The summed E-state index contributed by atoms with van der Waals surface area (Å²) in [5, 5.41) is 2.89. The zero-order valence-corrected chi connectivity index (χ0v) is 18.4. The van der Waals surface area contributed by atoms with Gasteiger partial charge in [0.2, 0.25) is 5.91 Å². The number of carbonyl (C=O) groups excluding carboxylic acids is 2. The first-order chi connectivity index (χ1) is 14.2. The molecule has 1 aliphatic rings. The molecule has 7 nitrogen and oxygen atoms in total. The minimum atomic E-state index is -3.95.